The normalized spacial score (nSPS) is 10.9. The van der Waals surface area contributed by atoms with E-state index in [1.54, 1.807) is 17.8 Å². The molecule has 0 spiro atoms. The van der Waals surface area contributed by atoms with E-state index in [9.17, 15) is 4.79 Å². The molecule has 0 aliphatic rings. The quantitative estimate of drug-likeness (QED) is 0.383. The fourth-order valence-electron chi connectivity index (χ4n) is 3.31. The highest BCUT2D eigenvalue weighted by Crippen LogP contribution is 2.24. The zero-order valence-corrected chi connectivity index (χ0v) is 19.7. The number of hydrogen-bond acceptors (Lipinski definition) is 5. The fourth-order valence-corrected chi connectivity index (χ4v) is 3.51. The maximum absolute atomic E-state index is 12.9. The van der Waals surface area contributed by atoms with Gasteiger partial charge in [0.15, 0.2) is 11.5 Å². The Hall–Kier alpha value is -3.58. The van der Waals surface area contributed by atoms with Crippen molar-refractivity contribution in [3.8, 4) is 5.75 Å². The number of hydrogen-bond donors (Lipinski definition) is 1. The lowest BCUT2D eigenvalue weighted by Crippen LogP contribution is -2.16. The van der Waals surface area contributed by atoms with Gasteiger partial charge < -0.3 is 14.6 Å². The molecule has 0 fully saturated rings. The van der Waals surface area contributed by atoms with Gasteiger partial charge in [0, 0.05) is 6.20 Å². The van der Waals surface area contributed by atoms with Crippen LogP contribution in [0.25, 0.3) is 0 Å². The van der Waals surface area contributed by atoms with Crippen LogP contribution in [0.2, 0.25) is 5.02 Å². The first-order chi connectivity index (χ1) is 15.8. The molecule has 0 aliphatic carbocycles. The van der Waals surface area contributed by atoms with Crippen LogP contribution in [-0.4, -0.2) is 20.8 Å². The third kappa shape index (κ3) is 5.26. The molecule has 33 heavy (non-hydrogen) atoms. The maximum Gasteiger partial charge on any atom is 0.279 e. The van der Waals surface area contributed by atoms with Crippen molar-refractivity contribution in [2.75, 3.05) is 5.32 Å². The van der Waals surface area contributed by atoms with Crippen molar-refractivity contribution >= 4 is 23.3 Å². The van der Waals surface area contributed by atoms with E-state index >= 15 is 0 Å². The van der Waals surface area contributed by atoms with E-state index in [4.69, 9.17) is 20.9 Å². The monoisotopic (exact) mass is 464 g/mol. The molecule has 0 unspecified atom stereocenters. The van der Waals surface area contributed by atoms with Gasteiger partial charge in [0.05, 0.1) is 12.1 Å². The second-order valence-electron chi connectivity index (χ2n) is 8.06. The van der Waals surface area contributed by atoms with E-state index < -0.39 is 5.91 Å². The molecule has 2 aromatic heterocycles. The minimum atomic E-state index is -0.465. The number of aryl methyl sites for hydroxylation is 4. The average Bonchev–Trinajstić information content (AvgIpc) is 3.32. The van der Waals surface area contributed by atoms with Crippen molar-refractivity contribution in [3.05, 3.63) is 93.0 Å². The Morgan fingerprint density at radius 3 is 2.58 bits per heavy atom. The molecule has 7 nitrogen and oxygen atoms in total. The Bertz CT molecular complexity index is 1290. The molecular formula is C25H25ClN4O3. The van der Waals surface area contributed by atoms with Crippen molar-refractivity contribution in [2.45, 2.75) is 40.8 Å². The summed E-state index contributed by atoms with van der Waals surface area (Å²) in [6, 6.07) is 14.0. The predicted octanol–water partition coefficient (Wildman–Crippen LogP) is 5.64. The van der Waals surface area contributed by atoms with Gasteiger partial charge in [-0.25, -0.2) is 0 Å². The van der Waals surface area contributed by atoms with E-state index in [0.717, 1.165) is 11.1 Å². The highest BCUT2D eigenvalue weighted by Gasteiger charge is 2.22. The fraction of sp³-hybridized carbons (Fsp3) is 0.240. The lowest BCUT2D eigenvalue weighted by atomic mass is 10.1. The molecule has 2 heterocycles. The predicted molar refractivity (Wildman–Crippen MR) is 127 cm³/mol. The first kappa shape index (κ1) is 22.6. The Kier molecular flexibility index (Phi) is 6.51. The molecule has 2 aromatic carbocycles. The molecule has 1 amide bonds. The van der Waals surface area contributed by atoms with Crippen LogP contribution in [0.3, 0.4) is 0 Å². The van der Waals surface area contributed by atoms with Crippen LogP contribution >= 0.6 is 11.6 Å². The van der Waals surface area contributed by atoms with Gasteiger partial charge in [0.1, 0.15) is 23.1 Å². The molecule has 0 saturated carbocycles. The number of halogens is 1. The van der Waals surface area contributed by atoms with Gasteiger partial charge in [-0.05, 0) is 56.5 Å². The number of benzene rings is 2. The third-order valence-electron chi connectivity index (χ3n) is 5.48. The second-order valence-corrected chi connectivity index (χ2v) is 8.47. The molecule has 0 aliphatic heterocycles. The van der Waals surface area contributed by atoms with E-state index in [1.807, 2.05) is 63.2 Å². The summed E-state index contributed by atoms with van der Waals surface area (Å²) in [4.78, 5) is 12.9. The number of carbonyl (C=O) groups excluding carboxylic acids is 1. The molecule has 0 saturated heterocycles. The van der Waals surface area contributed by atoms with E-state index in [2.05, 4.69) is 15.6 Å². The van der Waals surface area contributed by atoms with Crippen molar-refractivity contribution in [1.82, 2.24) is 14.9 Å². The largest absolute Gasteiger partial charge is 0.489 e. The van der Waals surface area contributed by atoms with Gasteiger partial charge in [0.2, 0.25) is 0 Å². The SMILES string of the molecule is Cc1ccc(Cn2cc(Cl)c(NC(=O)c3noc(C)c3COc3ccc(C)c(C)c3)n2)cc1. The van der Waals surface area contributed by atoms with E-state index in [0.29, 0.717) is 28.6 Å². The van der Waals surface area contributed by atoms with Gasteiger partial charge >= 0.3 is 0 Å². The Labute approximate surface area is 197 Å². The number of anilines is 1. The molecule has 8 heteroatoms. The number of ether oxygens (including phenoxy) is 1. The Morgan fingerprint density at radius 2 is 1.85 bits per heavy atom. The maximum atomic E-state index is 12.9. The summed E-state index contributed by atoms with van der Waals surface area (Å²) in [7, 11) is 0. The van der Waals surface area contributed by atoms with Crippen LogP contribution in [0.5, 0.6) is 5.75 Å². The first-order valence-corrected chi connectivity index (χ1v) is 10.9. The molecular weight excluding hydrogens is 440 g/mol. The summed E-state index contributed by atoms with van der Waals surface area (Å²) in [6.45, 7) is 8.53. The molecule has 170 valence electrons. The summed E-state index contributed by atoms with van der Waals surface area (Å²) in [5, 5.41) is 11.4. The van der Waals surface area contributed by atoms with Crippen molar-refractivity contribution < 1.29 is 14.1 Å². The lowest BCUT2D eigenvalue weighted by molar-refractivity contribution is 0.101. The summed E-state index contributed by atoms with van der Waals surface area (Å²) in [5.74, 6) is 1.02. The average molecular weight is 465 g/mol. The third-order valence-corrected chi connectivity index (χ3v) is 5.75. The summed E-state index contributed by atoms with van der Waals surface area (Å²) >= 11 is 6.32. The Balaban J connectivity index is 1.46. The molecule has 4 rings (SSSR count). The number of amides is 1. The topological polar surface area (TPSA) is 82.2 Å². The smallest absolute Gasteiger partial charge is 0.279 e. The van der Waals surface area contributed by atoms with Gasteiger partial charge in [-0.1, -0.05) is 52.7 Å². The lowest BCUT2D eigenvalue weighted by Gasteiger charge is -2.09. The van der Waals surface area contributed by atoms with Crippen LogP contribution in [0.4, 0.5) is 5.82 Å². The van der Waals surface area contributed by atoms with E-state index in [-0.39, 0.29) is 18.1 Å². The molecule has 4 aromatic rings. The number of nitrogens with zero attached hydrogens (tertiary/aromatic N) is 3. The molecule has 0 bridgehead atoms. The second kappa shape index (κ2) is 9.50. The minimum absolute atomic E-state index is 0.139. The van der Waals surface area contributed by atoms with Crippen LogP contribution in [0.15, 0.2) is 53.2 Å². The summed E-state index contributed by atoms with van der Waals surface area (Å²) < 4.78 is 12.8. The van der Waals surface area contributed by atoms with Crippen LogP contribution < -0.4 is 10.1 Å². The van der Waals surface area contributed by atoms with Gasteiger partial charge in [0.25, 0.3) is 5.91 Å². The minimum Gasteiger partial charge on any atom is -0.489 e. The van der Waals surface area contributed by atoms with Crippen LogP contribution in [0, 0.1) is 27.7 Å². The van der Waals surface area contributed by atoms with Crippen LogP contribution in [0.1, 0.15) is 44.1 Å². The molecule has 0 radical (unpaired) electrons. The number of nitrogens with one attached hydrogen (secondary N) is 1. The molecule has 0 atom stereocenters. The summed E-state index contributed by atoms with van der Waals surface area (Å²) in [6.07, 6.45) is 1.68. The standard InChI is InChI=1S/C25H25ClN4O3/c1-15-5-8-19(9-6-15)12-30-13-22(26)24(28-30)27-25(31)23-21(18(4)33-29-23)14-32-20-10-7-16(2)17(3)11-20/h5-11,13H,12,14H2,1-4H3,(H,27,28,31). The Morgan fingerprint density at radius 1 is 1.09 bits per heavy atom. The van der Waals surface area contributed by atoms with Gasteiger partial charge in [-0.3, -0.25) is 9.48 Å². The zero-order valence-electron chi connectivity index (χ0n) is 19.0. The first-order valence-electron chi connectivity index (χ1n) is 10.5. The van der Waals surface area contributed by atoms with Crippen molar-refractivity contribution in [1.29, 1.82) is 0 Å². The number of aromatic nitrogens is 3. The van der Waals surface area contributed by atoms with Gasteiger partial charge in [-0.2, -0.15) is 5.10 Å². The van der Waals surface area contributed by atoms with E-state index in [1.165, 1.54) is 11.1 Å². The highest BCUT2D eigenvalue weighted by molar-refractivity contribution is 6.33. The van der Waals surface area contributed by atoms with Gasteiger partial charge in [-0.15, -0.1) is 0 Å². The summed E-state index contributed by atoms with van der Waals surface area (Å²) in [5.41, 5.74) is 5.29. The zero-order chi connectivity index (χ0) is 23.5. The van der Waals surface area contributed by atoms with Crippen LogP contribution in [-0.2, 0) is 13.2 Å². The molecule has 1 N–H and O–H groups in total. The van der Waals surface area contributed by atoms with Crippen molar-refractivity contribution in [2.24, 2.45) is 0 Å². The number of carbonyl (C=O) groups is 1. The number of rotatable bonds is 7. The highest BCUT2D eigenvalue weighted by atomic mass is 35.5. The van der Waals surface area contributed by atoms with Crippen molar-refractivity contribution in [3.63, 3.8) is 0 Å².